The standard InChI is InChI=1S/C11H23N/c1-4-6-9(2)12-10(3)11-7-5-8-11/h9-12H,4-8H2,1-3H3. The molecule has 0 amide bonds. The molecule has 12 heavy (non-hydrogen) atoms. The lowest BCUT2D eigenvalue weighted by atomic mass is 9.80. The third-order valence-electron chi connectivity index (χ3n) is 3.13. The molecule has 0 aromatic rings. The molecule has 0 aromatic heterocycles. The molecule has 0 heterocycles. The second-order valence-electron chi connectivity index (χ2n) is 4.34. The molecule has 2 unspecified atom stereocenters. The molecule has 0 radical (unpaired) electrons. The Morgan fingerprint density at radius 2 is 2.00 bits per heavy atom. The van der Waals surface area contributed by atoms with Gasteiger partial charge in [0.05, 0.1) is 0 Å². The molecule has 1 saturated carbocycles. The molecule has 1 aliphatic rings. The first-order chi connectivity index (χ1) is 5.74. The van der Waals surface area contributed by atoms with Gasteiger partial charge in [0.15, 0.2) is 0 Å². The van der Waals surface area contributed by atoms with Gasteiger partial charge in [-0.15, -0.1) is 0 Å². The van der Waals surface area contributed by atoms with E-state index in [9.17, 15) is 0 Å². The maximum Gasteiger partial charge on any atom is 0.00694 e. The van der Waals surface area contributed by atoms with E-state index < -0.39 is 0 Å². The largest absolute Gasteiger partial charge is 0.312 e. The van der Waals surface area contributed by atoms with Crippen molar-refractivity contribution in [2.75, 3.05) is 0 Å². The Morgan fingerprint density at radius 3 is 2.42 bits per heavy atom. The molecule has 1 fully saturated rings. The smallest absolute Gasteiger partial charge is 0.00694 e. The van der Waals surface area contributed by atoms with E-state index in [0.29, 0.717) is 6.04 Å². The Bertz CT molecular complexity index is 118. The lowest BCUT2D eigenvalue weighted by Gasteiger charge is -2.33. The molecule has 1 rings (SSSR count). The van der Waals surface area contributed by atoms with Crippen LogP contribution in [0.1, 0.15) is 52.9 Å². The molecule has 72 valence electrons. The maximum atomic E-state index is 3.68. The van der Waals surface area contributed by atoms with Crippen molar-refractivity contribution in [2.45, 2.75) is 65.0 Å². The van der Waals surface area contributed by atoms with E-state index in [-0.39, 0.29) is 0 Å². The summed E-state index contributed by atoms with van der Waals surface area (Å²) in [5, 5.41) is 3.68. The molecular weight excluding hydrogens is 146 g/mol. The fraction of sp³-hybridized carbons (Fsp3) is 1.00. The molecule has 1 heteroatoms. The van der Waals surface area contributed by atoms with Crippen LogP contribution in [-0.4, -0.2) is 12.1 Å². The van der Waals surface area contributed by atoms with E-state index in [1.165, 1.54) is 32.1 Å². The van der Waals surface area contributed by atoms with Crippen LogP contribution in [0.5, 0.6) is 0 Å². The van der Waals surface area contributed by atoms with Gasteiger partial charge in [-0.25, -0.2) is 0 Å². The van der Waals surface area contributed by atoms with Crippen molar-refractivity contribution in [3.05, 3.63) is 0 Å². The first kappa shape index (κ1) is 10.0. The van der Waals surface area contributed by atoms with Crippen LogP contribution in [-0.2, 0) is 0 Å². The van der Waals surface area contributed by atoms with Gasteiger partial charge in [0.1, 0.15) is 0 Å². The lowest BCUT2D eigenvalue weighted by Crippen LogP contribution is -2.41. The minimum absolute atomic E-state index is 0.714. The predicted molar refractivity (Wildman–Crippen MR) is 54.3 cm³/mol. The maximum absolute atomic E-state index is 3.68. The topological polar surface area (TPSA) is 12.0 Å². The van der Waals surface area contributed by atoms with Gasteiger partial charge in [-0.3, -0.25) is 0 Å². The second kappa shape index (κ2) is 4.86. The van der Waals surface area contributed by atoms with Crippen LogP contribution in [0.2, 0.25) is 0 Å². The molecule has 0 aromatic carbocycles. The molecular formula is C11H23N. The van der Waals surface area contributed by atoms with Gasteiger partial charge in [0, 0.05) is 12.1 Å². The van der Waals surface area contributed by atoms with Crippen LogP contribution < -0.4 is 5.32 Å². The summed E-state index contributed by atoms with van der Waals surface area (Å²) in [6.07, 6.45) is 6.97. The number of rotatable bonds is 5. The summed E-state index contributed by atoms with van der Waals surface area (Å²) in [5.74, 6) is 0.976. The zero-order chi connectivity index (χ0) is 8.97. The Labute approximate surface area is 76.9 Å². The van der Waals surface area contributed by atoms with Crippen LogP contribution in [0.15, 0.2) is 0 Å². The molecule has 1 aliphatic carbocycles. The second-order valence-corrected chi connectivity index (χ2v) is 4.34. The lowest BCUT2D eigenvalue weighted by molar-refractivity contribution is 0.226. The van der Waals surface area contributed by atoms with Crippen molar-refractivity contribution in [1.82, 2.24) is 5.32 Å². The van der Waals surface area contributed by atoms with Crippen molar-refractivity contribution in [3.63, 3.8) is 0 Å². The zero-order valence-corrected chi connectivity index (χ0v) is 8.77. The van der Waals surface area contributed by atoms with Gasteiger partial charge in [-0.1, -0.05) is 19.8 Å². The fourth-order valence-electron chi connectivity index (χ4n) is 2.04. The SMILES string of the molecule is CCCC(C)NC(C)C1CCC1. The third kappa shape index (κ3) is 2.78. The van der Waals surface area contributed by atoms with E-state index in [2.05, 4.69) is 26.1 Å². The summed E-state index contributed by atoms with van der Waals surface area (Å²) in [6, 6.07) is 1.46. The molecule has 0 aliphatic heterocycles. The Balaban J connectivity index is 2.11. The normalized spacial score (nSPS) is 23.2. The van der Waals surface area contributed by atoms with Crippen LogP contribution in [0.4, 0.5) is 0 Å². The van der Waals surface area contributed by atoms with E-state index in [0.717, 1.165) is 12.0 Å². The van der Waals surface area contributed by atoms with Crippen LogP contribution in [0.25, 0.3) is 0 Å². The van der Waals surface area contributed by atoms with Gasteiger partial charge >= 0.3 is 0 Å². The first-order valence-corrected chi connectivity index (χ1v) is 5.50. The summed E-state index contributed by atoms with van der Waals surface area (Å²) in [6.45, 7) is 6.90. The van der Waals surface area contributed by atoms with Crippen molar-refractivity contribution < 1.29 is 0 Å². The minimum Gasteiger partial charge on any atom is -0.312 e. The molecule has 0 saturated heterocycles. The average molecular weight is 169 g/mol. The van der Waals surface area contributed by atoms with E-state index in [1.807, 2.05) is 0 Å². The fourth-order valence-corrected chi connectivity index (χ4v) is 2.04. The highest BCUT2D eigenvalue weighted by Gasteiger charge is 2.24. The zero-order valence-electron chi connectivity index (χ0n) is 8.77. The Morgan fingerprint density at radius 1 is 1.33 bits per heavy atom. The number of nitrogens with one attached hydrogen (secondary N) is 1. The van der Waals surface area contributed by atoms with E-state index >= 15 is 0 Å². The van der Waals surface area contributed by atoms with E-state index in [4.69, 9.17) is 0 Å². The van der Waals surface area contributed by atoms with Crippen LogP contribution in [0, 0.1) is 5.92 Å². The number of hydrogen-bond donors (Lipinski definition) is 1. The van der Waals surface area contributed by atoms with Crippen LogP contribution in [0.3, 0.4) is 0 Å². The van der Waals surface area contributed by atoms with Crippen LogP contribution >= 0.6 is 0 Å². The summed E-state index contributed by atoms with van der Waals surface area (Å²) in [4.78, 5) is 0. The van der Waals surface area contributed by atoms with Crippen molar-refractivity contribution in [1.29, 1.82) is 0 Å². The Hall–Kier alpha value is -0.0400. The summed E-state index contributed by atoms with van der Waals surface area (Å²) in [7, 11) is 0. The molecule has 0 spiro atoms. The van der Waals surface area contributed by atoms with Gasteiger partial charge < -0.3 is 5.32 Å². The van der Waals surface area contributed by atoms with Gasteiger partial charge in [-0.05, 0) is 39.0 Å². The highest BCUT2D eigenvalue weighted by atomic mass is 14.9. The summed E-state index contributed by atoms with van der Waals surface area (Å²) < 4.78 is 0. The highest BCUT2D eigenvalue weighted by molar-refractivity contribution is 4.80. The highest BCUT2D eigenvalue weighted by Crippen LogP contribution is 2.29. The molecule has 2 atom stereocenters. The summed E-state index contributed by atoms with van der Waals surface area (Å²) in [5.41, 5.74) is 0. The average Bonchev–Trinajstić information content (AvgIpc) is 1.82. The molecule has 1 nitrogen and oxygen atoms in total. The molecule has 1 N–H and O–H groups in total. The monoisotopic (exact) mass is 169 g/mol. The van der Waals surface area contributed by atoms with Gasteiger partial charge in [0.2, 0.25) is 0 Å². The third-order valence-corrected chi connectivity index (χ3v) is 3.13. The summed E-state index contributed by atoms with van der Waals surface area (Å²) >= 11 is 0. The van der Waals surface area contributed by atoms with E-state index in [1.54, 1.807) is 0 Å². The molecule has 0 bridgehead atoms. The first-order valence-electron chi connectivity index (χ1n) is 5.50. The van der Waals surface area contributed by atoms with Crippen molar-refractivity contribution in [3.8, 4) is 0 Å². The van der Waals surface area contributed by atoms with Gasteiger partial charge in [0.25, 0.3) is 0 Å². The number of hydrogen-bond acceptors (Lipinski definition) is 1. The quantitative estimate of drug-likeness (QED) is 0.667. The van der Waals surface area contributed by atoms with Crippen molar-refractivity contribution >= 4 is 0 Å². The minimum atomic E-state index is 0.714. The van der Waals surface area contributed by atoms with Crippen molar-refractivity contribution in [2.24, 2.45) is 5.92 Å². The Kier molecular flexibility index (Phi) is 4.07. The predicted octanol–water partition coefficient (Wildman–Crippen LogP) is 2.95. The van der Waals surface area contributed by atoms with Gasteiger partial charge in [-0.2, -0.15) is 0 Å².